The number of hydrogen-bond acceptors (Lipinski definition) is 6. The maximum Gasteiger partial charge on any atom is 0.151 e. The summed E-state index contributed by atoms with van der Waals surface area (Å²) in [5.74, 6) is 1.75. The monoisotopic (exact) mass is 475 g/mol. The number of aryl methyl sites for hydroxylation is 2. The zero-order chi connectivity index (χ0) is 24.1. The molecule has 1 aliphatic rings. The van der Waals surface area contributed by atoms with Crippen LogP contribution in [0.15, 0.2) is 36.4 Å². The Labute approximate surface area is 208 Å². The summed E-state index contributed by atoms with van der Waals surface area (Å²) in [6.45, 7) is 12.6. The standard InChI is InChI=1S/C28H37N5S/c1-6-21(17-29-7-2)22-9-8-10-23(16-22)26-19(4)15-25(28-33-32-20(5)34-28)27(31-26)30-24-13-11-18(3)12-14-24/h6,8-10,15-16,18,24,29H,7,11-14,17H2,1-5H3,(H,30,31)/b21-6+. The molecule has 5 nitrogen and oxygen atoms in total. The predicted octanol–water partition coefficient (Wildman–Crippen LogP) is 6.89. The van der Waals surface area contributed by atoms with E-state index in [1.807, 2.05) is 6.92 Å². The van der Waals surface area contributed by atoms with Gasteiger partial charge < -0.3 is 10.6 Å². The van der Waals surface area contributed by atoms with Gasteiger partial charge in [-0.1, -0.05) is 49.5 Å². The van der Waals surface area contributed by atoms with Crippen LogP contribution in [0.5, 0.6) is 0 Å². The second-order valence-corrected chi connectivity index (χ2v) is 10.6. The minimum atomic E-state index is 0.452. The van der Waals surface area contributed by atoms with E-state index < -0.39 is 0 Å². The van der Waals surface area contributed by atoms with Crippen LogP contribution in [-0.2, 0) is 0 Å². The molecule has 2 N–H and O–H groups in total. The first kappa shape index (κ1) is 24.6. The van der Waals surface area contributed by atoms with Crippen LogP contribution in [0, 0.1) is 19.8 Å². The van der Waals surface area contributed by atoms with Crippen molar-refractivity contribution in [2.24, 2.45) is 5.92 Å². The van der Waals surface area contributed by atoms with Gasteiger partial charge in [-0.2, -0.15) is 0 Å². The Balaban J connectivity index is 1.73. The summed E-state index contributed by atoms with van der Waals surface area (Å²) in [7, 11) is 0. The van der Waals surface area contributed by atoms with Crippen LogP contribution >= 0.6 is 11.3 Å². The summed E-state index contributed by atoms with van der Waals surface area (Å²) >= 11 is 1.63. The molecule has 0 amide bonds. The molecule has 4 rings (SSSR count). The molecule has 34 heavy (non-hydrogen) atoms. The number of benzene rings is 1. The number of rotatable bonds is 8. The number of likely N-dealkylation sites (N-methyl/N-ethyl adjacent to an activating group) is 1. The maximum absolute atomic E-state index is 5.22. The van der Waals surface area contributed by atoms with Crippen molar-refractivity contribution in [3.63, 3.8) is 0 Å². The number of aromatic nitrogens is 3. The van der Waals surface area contributed by atoms with E-state index in [1.54, 1.807) is 11.3 Å². The van der Waals surface area contributed by atoms with Crippen molar-refractivity contribution in [1.29, 1.82) is 0 Å². The Morgan fingerprint density at radius 3 is 2.59 bits per heavy atom. The van der Waals surface area contributed by atoms with Gasteiger partial charge in [0.2, 0.25) is 0 Å². The van der Waals surface area contributed by atoms with Gasteiger partial charge in [-0.25, -0.2) is 4.98 Å². The SMILES string of the molecule is C/C=C(\CNCC)c1cccc(-c2nc(NC3CCC(C)CC3)c(-c3nnc(C)s3)cc2C)c1. The number of allylic oxidation sites excluding steroid dienone is 1. The lowest BCUT2D eigenvalue weighted by molar-refractivity contribution is 0.361. The summed E-state index contributed by atoms with van der Waals surface area (Å²) < 4.78 is 0. The molecule has 1 fully saturated rings. The van der Waals surface area contributed by atoms with Gasteiger partial charge in [0, 0.05) is 18.2 Å². The highest BCUT2D eigenvalue weighted by atomic mass is 32.1. The first-order valence-corrected chi connectivity index (χ1v) is 13.4. The van der Waals surface area contributed by atoms with Gasteiger partial charge in [-0.05, 0) is 87.7 Å². The summed E-state index contributed by atoms with van der Waals surface area (Å²) in [4.78, 5) is 5.22. The Morgan fingerprint density at radius 1 is 1.12 bits per heavy atom. The van der Waals surface area contributed by atoms with E-state index in [0.29, 0.717) is 6.04 Å². The fourth-order valence-corrected chi connectivity index (χ4v) is 5.39. The lowest BCUT2D eigenvalue weighted by Crippen LogP contribution is -2.26. The largest absolute Gasteiger partial charge is 0.367 e. The molecular formula is C28H37N5S. The van der Waals surface area contributed by atoms with Crippen LogP contribution < -0.4 is 10.6 Å². The van der Waals surface area contributed by atoms with E-state index in [4.69, 9.17) is 4.98 Å². The van der Waals surface area contributed by atoms with E-state index in [2.05, 4.69) is 84.9 Å². The summed E-state index contributed by atoms with van der Waals surface area (Å²) in [5, 5.41) is 17.9. The van der Waals surface area contributed by atoms with Crippen molar-refractivity contribution in [3.8, 4) is 21.8 Å². The first-order chi connectivity index (χ1) is 16.5. The topological polar surface area (TPSA) is 62.7 Å². The predicted molar refractivity (Wildman–Crippen MR) is 145 cm³/mol. The van der Waals surface area contributed by atoms with Crippen molar-refractivity contribution < 1.29 is 0 Å². The van der Waals surface area contributed by atoms with Crippen molar-refractivity contribution >= 4 is 22.7 Å². The van der Waals surface area contributed by atoms with Gasteiger partial charge in [0.15, 0.2) is 5.01 Å². The Hall–Kier alpha value is -2.57. The normalized spacial score (nSPS) is 18.8. The zero-order valence-corrected chi connectivity index (χ0v) is 21.9. The molecule has 0 unspecified atom stereocenters. The highest BCUT2D eigenvalue weighted by Gasteiger charge is 2.22. The summed E-state index contributed by atoms with van der Waals surface area (Å²) in [6, 6.07) is 11.4. The highest BCUT2D eigenvalue weighted by molar-refractivity contribution is 7.14. The van der Waals surface area contributed by atoms with E-state index in [-0.39, 0.29) is 0 Å². The molecule has 0 atom stereocenters. The molecule has 0 saturated heterocycles. The second kappa shape index (κ2) is 11.2. The first-order valence-electron chi connectivity index (χ1n) is 12.5. The van der Waals surface area contributed by atoms with Gasteiger partial charge in [0.05, 0.1) is 11.3 Å². The average molecular weight is 476 g/mol. The van der Waals surface area contributed by atoms with Crippen molar-refractivity contribution in [1.82, 2.24) is 20.5 Å². The van der Waals surface area contributed by atoms with E-state index in [9.17, 15) is 0 Å². The highest BCUT2D eigenvalue weighted by Crippen LogP contribution is 2.36. The van der Waals surface area contributed by atoms with Crippen LogP contribution in [0.25, 0.3) is 27.4 Å². The molecule has 1 saturated carbocycles. The maximum atomic E-state index is 5.22. The van der Waals surface area contributed by atoms with Gasteiger partial charge in [-0.3, -0.25) is 0 Å². The molecule has 1 aliphatic carbocycles. The number of nitrogens with zero attached hydrogens (tertiary/aromatic N) is 3. The molecule has 0 spiro atoms. The van der Waals surface area contributed by atoms with Crippen LogP contribution in [0.3, 0.4) is 0 Å². The van der Waals surface area contributed by atoms with Crippen molar-refractivity contribution in [3.05, 3.63) is 52.5 Å². The van der Waals surface area contributed by atoms with Gasteiger partial charge in [0.1, 0.15) is 10.8 Å². The van der Waals surface area contributed by atoms with E-state index in [1.165, 1.54) is 36.8 Å². The molecule has 2 aromatic heterocycles. The minimum Gasteiger partial charge on any atom is -0.367 e. The number of hydrogen-bond donors (Lipinski definition) is 2. The molecular weight excluding hydrogens is 438 g/mol. The molecule has 180 valence electrons. The summed E-state index contributed by atoms with van der Waals surface area (Å²) in [6.07, 6.45) is 7.10. The molecule has 3 aromatic rings. The minimum absolute atomic E-state index is 0.452. The van der Waals surface area contributed by atoms with Crippen LogP contribution in [-0.4, -0.2) is 34.3 Å². The van der Waals surface area contributed by atoms with Gasteiger partial charge in [-0.15, -0.1) is 10.2 Å². The van der Waals surface area contributed by atoms with Crippen LogP contribution in [0.1, 0.15) is 62.6 Å². The summed E-state index contributed by atoms with van der Waals surface area (Å²) in [5.41, 5.74) is 6.92. The van der Waals surface area contributed by atoms with E-state index in [0.717, 1.165) is 57.2 Å². The third kappa shape index (κ3) is 5.73. The Morgan fingerprint density at radius 2 is 1.91 bits per heavy atom. The third-order valence-electron chi connectivity index (χ3n) is 6.75. The third-order valence-corrected chi connectivity index (χ3v) is 7.62. The number of anilines is 1. The molecule has 1 aromatic carbocycles. The van der Waals surface area contributed by atoms with Crippen LogP contribution in [0.2, 0.25) is 0 Å². The average Bonchev–Trinajstić information content (AvgIpc) is 3.28. The molecule has 2 heterocycles. The Kier molecular flexibility index (Phi) is 8.11. The lowest BCUT2D eigenvalue weighted by atomic mass is 9.87. The van der Waals surface area contributed by atoms with Gasteiger partial charge in [0.25, 0.3) is 0 Å². The van der Waals surface area contributed by atoms with Crippen molar-refractivity contribution in [2.45, 2.75) is 66.3 Å². The molecule has 6 heteroatoms. The Bertz CT molecular complexity index is 1140. The number of nitrogens with one attached hydrogen (secondary N) is 2. The zero-order valence-electron chi connectivity index (χ0n) is 21.1. The fraction of sp³-hybridized carbons (Fsp3) is 0.464. The van der Waals surface area contributed by atoms with Gasteiger partial charge >= 0.3 is 0 Å². The smallest absolute Gasteiger partial charge is 0.151 e. The molecule has 0 bridgehead atoms. The van der Waals surface area contributed by atoms with E-state index >= 15 is 0 Å². The van der Waals surface area contributed by atoms with Crippen molar-refractivity contribution in [2.75, 3.05) is 18.4 Å². The number of pyridine rings is 1. The lowest BCUT2D eigenvalue weighted by Gasteiger charge is -2.28. The fourth-order valence-electron chi connectivity index (χ4n) is 4.68. The van der Waals surface area contributed by atoms with Crippen LogP contribution in [0.4, 0.5) is 5.82 Å². The molecule has 0 aliphatic heterocycles. The second-order valence-electron chi connectivity index (χ2n) is 9.45. The molecule has 0 radical (unpaired) electrons. The quantitative estimate of drug-likeness (QED) is 0.371.